The lowest BCUT2D eigenvalue weighted by molar-refractivity contribution is -0.708. The molecule has 0 aliphatic heterocycles. The molecule has 4 aromatic rings. The minimum Gasteiger partial charge on any atom is -1.00 e. The van der Waals surface area contributed by atoms with Crippen LogP contribution in [-0.4, -0.2) is 26.4 Å². The fraction of sp³-hybridized carbons (Fsp3) is 0.342. The zero-order valence-electron chi connectivity index (χ0n) is 30.9. The van der Waals surface area contributed by atoms with Gasteiger partial charge >= 0.3 is 24.7 Å². The van der Waals surface area contributed by atoms with Gasteiger partial charge in [0.05, 0.1) is 37.5 Å². The predicted octanol–water partition coefficient (Wildman–Crippen LogP) is 2.85. The van der Waals surface area contributed by atoms with E-state index in [0.717, 1.165) is 24.3 Å². The number of halogens is 12. The van der Waals surface area contributed by atoms with Crippen molar-refractivity contribution in [2.75, 3.05) is 14.2 Å². The summed E-state index contributed by atoms with van der Waals surface area (Å²) in [6.45, 7) is 4.63. The SMILES string of the molecule is COc1cc(C[NH3+])ccc1OC(=O)O[C@H](c1cc(C(F)(F)F)cc(C(F)(F)F)c1)[C@H](C)[NH2+]Cc1cc(C(F)(F)F)ccc1-c1cc(C(C)C)c(F)cc1OC.[Cl-].[Cl-]. The summed E-state index contributed by atoms with van der Waals surface area (Å²) in [5.74, 6) is -1.12. The van der Waals surface area contributed by atoms with Crippen LogP contribution in [0.2, 0.25) is 0 Å². The zero-order valence-corrected chi connectivity index (χ0v) is 32.4. The Kier molecular flexibility index (Phi) is 16.5. The highest BCUT2D eigenvalue weighted by Gasteiger charge is 2.40. The Morgan fingerprint density at radius 3 is 1.79 bits per heavy atom. The van der Waals surface area contributed by atoms with Gasteiger partial charge in [0, 0.05) is 22.8 Å². The largest absolute Gasteiger partial charge is 1.00 e. The molecule has 0 fully saturated rings. The minimum absolute atomic E-state index is 0. The first kappa shape index (κ1) is 48.7. The van der Waals surface area contributed by atoms with Crippen molar-refractivity contribution in [2.45, 2.75) is 70.5 Å². The van der Waals surface area contributed by atoms with Crippen LogP contribution in [0.25, 0.3) is 11.1 Å². The van der Waals surface area contributed by atoms with Crippen molar-refractivity contribution in [3.63, 3.8) is 0 Å². The van der Waals surface area contributed by atoms with E-state index in [1.54, 1.807) is 13.8 Å². The molecule has 2 atom stereocenters. The van der Waals surface area contributed by atoms with Gasteiger partial charge in [0.15, 0.2) is 17.6 Å². The number of ether oxygens (including phenoxy) is 4. The van der Waals surface area contributed by atoms with E-state index >= 15 is 0 Å². The molecule has 314 valence electrons. The maximum atomic E-state index is 14.9. The molecule has 0 saturated carbocycles. The number of alkyl halides is 9. The van der Waals surface area contributed by atoms with E-state index in [4.69, 9.17) is 18.9 Å². The molecule has 0 unspecified atom stereocenters. The second-order valence-corrected chi connectivity index (χ2v) is 12.9. The van der Waals surface area contributed by atoms with Crippen molar-refractivity contribution in [1.29, 1.82) is 0 Å². The highest BCUT2D eigenvalue weighted by atomic mass is 35.5. The maximum absolute atomic E-state index is 14.9. The molecule has 0 bridgehead atoms. The van der Waals surface area contributed by atoms with E-state index < -0.39 is 71.4 Å². The maximum Gasteiger partial charge on any atom is 0.514 e. The fourth-order valence-electron chi connectivity index (χ4n) is 5.82. The van der Waals surface area contributed by atoms with Gasteiger partial charge in [-0.1, -0.05) is 19.9 Å². The quantitative estimate of drug-likeness (QED) is 0.130. The lowest BCUT2D eigenvalue weighted by atomic mass is 9.92. The van der Waals surface area contributed by atoms with Crippen molar-refractivity contribution in [3.05, 3.63) is 111 Å². The van der Waals surface area contributed by atoms with Gasteiger partial charge in [-0.25, -0.2) is 9.18 Å². The van der Waals surface area contributed by atoms with Crippen molar-refractivity contribution in [1.82, 2.24) is 0 Å². The van der Waals surface area contributed by atoms with Crippen LogP contribution in [0.3, 0.4) is 0 Å². The Morgan fingerprint density at radius 1 is 0.702 bits per heavy atom. The van der Waals surface area contributed by atoms with Crippen molar-refractivity contribution < 1.29 is 104 Å². The van der Waals surface area contributed by atoms with E-state index in [9.17, 15) is 48.7 Å². The third kappa shape index (κ3) is 12.0. The number of hydrogen-bond acceptors (Lipinski definition) is 5. The highest BCUT2D eigenvalue weighted by molar-refractivity contribution is 5.75. The second-order valence-electron chi connectivity index (χ2n) is 12.9. The predicted molar refractivity (Wildman–Crippen MR) is 178 cm³/mol. The number of hydrogen-bond donors (Lipinski definition) is 2. The van der Waals surface area contributed by atoms with Gasteiger partial charge in [-0.05, 0) is 84.1 Å². The topological polar surface area (TPSA) is 98.2 Å². The van der Waals surface area contributed by atoms with Crippen LogP contribution in [-0.2, 0) is 36.4 Å². The normalized spacial score (nSPS) is 12.9. The average Bonchev–Trinajstić information content (AvgIpc) is 3.11. The molecule has 7 nitrogen and oxygen atoms in total. The summed E-state index contributed by atoms with van der Waals surface area (Å²) in [5, 5.41) is 1.27. The molecule has 0 heterocycles. The molecule has 0 aromatic heterocycles. The number of carbonyl (C=O) groups is 1. The first-order valence-corrected chi connectivity index (χ1v) is 16.6. The standard InChI is InChI=1S/C38H36F10N2O5.2ClH/c1-19(2)28-15-29(32(52-4)16-30(28)39)27-8-7-24(36(40,41)42)13-23(27)18-50-20(3)34(22-11-25(37(43,44)45)14-26(12-22)38(46,47)48)55-35(51)54-31-9-6-21(17-49)10-33(31)53-5;;/h6-16,19-20,34,50H,17-18,49H2,1-5H3;2*1H/t20-,34-;;/m0../s1. The Labute approximate surface area is 333 Å². The molecule has 19 heteroatoms. The Balaban J connectivity index is 0.00000561. The summed E-state index contributed by atoms with van der Waals surface area (Å²) in [6.07, 6.45) is -18.8. The van der Waals surface area contributed by atoms with Gasteiger partial charge in [0.25, 0.3) is 0 Å². The van der Waals surface area contributed by atoms with Crippen LogP contribution >= 0.6 is 0 Å². The first-order chi connectivity index (χ1) is 25.6. The van der Waals surface area contributed by atoms with E-state index in [2.05, 4.69) is 5.73 Å². The summed E-state index contributed by atoms with van der Waals surface area (Å²) in [6, 6.07) is 9.02. The molecule has 0 amide bonds. The average molecular weight is 864 g/mol. The number of rotatable bonds is 12. The van der Waals surface area contributed by atoms with Gasteiger partial charge in [-0.2, -0.15) is 39.5 Å². The molecular formula is C38H38Cl2F10N2O5. The van der Waals surface area contributed by atoms with Gasteiger partial charge in [0.1, 0.15) is 24.2 Å². The second kappa shape index (κ2) is 19.3. The number of methoxy groups -OCH3 is 2. The number of carbonyl (C=O) groups excluding carboxylic acids is 1. The number of benzene rings is 4. The van der Waals surface area contributed by atoms with Crippen LogP contribution in [0.5, 0.6) is 17.2 Å². The summed E-state index contributed by atoms with van der Waals surface area (Å²) in [4.78, 5) is 13.2. The fourth-order valence-corrected chi connectivity index (χ4v) is 5.82. The molecular weight excluding hydrogens is 825 g/mol. The zero-order chi connectivity index (χ0) is 41.0. The van der Waals surface area contributed by atoms with Crippen LogP contribution < -0.4 is 50.1 Å². The van der Waals surface area contributed by atoms with Crippen molar-refractivity contribution in [3.8, 4) is 28.4 Å². The molecule has 4 aromatic carbocycles. The minimum atomic E-state index is -5.26. The van der Waals surface area contributed by atoms with Gasteiger partial charge in [-0.3, -0.25) is 0 Å². The summed E-state index contributed by atoms with van der Waals surface area (Å²) < 4.78 is 162. The lowest BCUT2D eigenvalue weighted by Gasteiger charge is -2.25. The van der Waals surface area contributed by atoms with E-state index in [1.165, 1.54) is 50.7 Å². The van der Waals surface area contributed by atoms with Crippen LogP contribution in [0, 0.1) is 5.82 Å². The highest BCUT2D eigenvalue weighted by Crippen LogP contribution is 2.41. The smallest absolute Gasteiger partial charge is 0.514 e. The van der Waals surface area contributed by atoms with Gasteiger partial charge in [0.2, 0.25) is 0 Å². The van der Waals surface area contributed by atoms with Crippen LogP contribution in [0.1, 0.15) is 71.7 Å². The molecule has 0 radical (unpaired) electrons. The molecule has 0 aliphatic rings. The van der Waals surface area contributed by atoms with Crippen molar-refractivity contribution >= 4 is 6.16 Å². The van der Waals surface area contributed by atoms with E-state index in [-0.39, 0.29) is 76.3 Å². The molecule has 5 N–H and O–H groups in total. The molecule has 4 rings (SSSR count). The van der Waals surface area contributed by atoms with Gasteiger partial charge in [-0.15, -0.1) is 0 Å². The summed E-state index contributed by atoms with van der Waals surface area (Å²) in [7, 11) is 2.50. The molecule has 0 saturated heterocycles. The third-order valence-corrected chi connectivity index (χ3v) is 8.72. The number of nitrogens with two attached hydrogens (primary N) is 1. The van der Waals surface area contributed by atoms with Crippen LogP contribution in [0.15, 0.2) is 66.7 Å². The number of quaternary nitrogens is 2. The summed E-state index contributed by atoms with van der Waals surface area (Å²) >= 11 is 0. The van der Waals surface area contributed by atoms with Crippen LogP contribution in [0.4, 0.5) is 48.7 Å². The Bertz CT molecular complexity index is 1970. The molecule has 0 spiro atoms. The monoisotopic (exact) mass is 862 g/mol. The lowest BCUT2D eigenvalue weighted by Crippen LogP contribution is -3.00. The van der Waals surface area contributed by atoms with Gasteiger partial charge < -0.3 is 54.8 Å². The molecule has 57 heavy (non-hydrogen) atoms. The Hall–Kier alpha value is -4.45. The van der Waals surface area contributed by atoms with E-state index in [1.807, 2.05) is 0 Å². The van der Waals surface area contributed by atoms with Crippen molar-refractivity contribution in [2.24, 2.45) is 0 Å². The summed E-state index contributed by atoms with van der Waals surface area (Å²) in [5.41, 5.74) is -0.166. The Morgan fingerprint density at radius 2 is 1.28 bits per heavy atom. The van der Waals surface area contributed by atoms with E-state index in [0.29, 0.717) is 24.2 Å². The third-order valence-electron chi connectivity index (χ3n) is 8.72. The first-order valence-electron chi connectivity index (χ1n) is 16.6. The molecule has 0 aliphatic carbocycles.